The minimum Gasteiger partial charge on any atom is -0.298 e. The van der Waals surface area contributed by atoms with Gasteiger partial charge in [-0.2, -0.15) is 0 Å². The van der Waals surface area contributed by atoms with Gasteiger partial charge in [-0.3, -0.25) is 4.40 Å². The van der Waals surface area contributed by atoms with Gasteiger partial charge in [0.25, 0.3) is 0 Å². The van der Waals surface area contributed by atoms with E-state index in [0.29, 0.717) is 0 Å². The van der Waals surface area contributed by atoms with Crippen LogP contribution in [0.25, 0.3) is 70.8 Å². The summed E-state index contributed by atoms with van der Waals surface area (Å²) in [6.07, 6.45) is 2.06. The Balaban J connectivity index is 1.20. The lowest BCUT2D eigenvalue weighted by molar-refractivity contribution is 1.22. The number of thiazole rings is 1. The number of rotatable bonds is 3. The van der Waals surface area contributed by atoms with E-state index < -0.39 is 0 Å². The number of nitrogens with zero attached hydrogens (tertiary/aromatic N) is 4. The Kier molecular flexibility index (Phi) is 4.66. The Morgan fingerprint density at radius 3 is 1.97 bits per heavy atom. The van der Waals surface area contributed by atoms with Crippen molar-refractivity contribution in [3.05, 3.63) is 121 Å². The lowest BCUT2D eigenvalue weighted by atomic mass is 10.0. The SMILES string of the molecule is c1ccc2sc(-c3ccc(-c4ccc(-c5nc6ccccc6c6nc7ccccn7c56)cc4)cc3)nc2c1. The zero-order valence-electron chi connectivity index (χ0n) is 20.2. The summed E-state index contributed by atoms with van der Waals surface area (Å²) in [7, 11) is 0. The fourth-order valence-electron chi connectivity index (χ4n) is 5.18. The first-order valence-corrected chi connectivity index (χ1v) is 13.4. The Morgan fingerprint density at radius 2 is 1.18 bits per heavy atom. The smallest absolute Gasteiger partial charge is 0.137 e. The van der Waals surface area contributed by atoms with Gasteiger partial charge in [-0.05, 0) is 41.5 Å². The fourth-order valence-corrected chi connectivity index (χ4v) is 6.15. The van der Waals surface area contributed by atoms with Crippen LogP contribution in [0.4, 0.5) is 0 Å². The van der Waals surface area contributed by atoms with Crippen molar-refractivity contribution in [2.75, 3.05) is 0 Å². The van der Waals surface area contributed by atoms with Crippen molar-refractivity contribution < 1.29 is 0 Å². The molecule has 0 N–H and O–H groups in total. The average Bonchev–Trinajstić information content (AvgIpc) is 3.59. The number of aromatic nitrogens is 4. The molecular weight excluding hydrogens is 484 g/mol. The first-order chi connectivity index (χ1) is 18.8. The molecule has 0 amide bonds. The molecule has 0 saturated heterocycles. The van der Waals surface area contributed by atoms with Crippen molar-refractivity contribution in [2.24, 2.45) is 0 Å². The highest BCUT2D eigenvalue weighted by atomic mass is 32.1. The lowest BCUT2D eigenvalue weighted by Crippen LogP contribution is -1.92. The van der Waals surface area contributed by atoms with Crippen molar-refractivity contribution >= 4 is 49.1 Å². The molecular formula is C33H20N4S. The minimum absolute atomic E-state index is 0.923. The summed E-state index contributed by atoms with van der Waals surface area (Å²) in [5.41, 5.74) is 10.4. The maximum Gasteiger partial charge on any atom is 0.137 e. The van der Waals surface area contributed by atoms with Crippen LogP contribution in [0, 0.1) is 0 Å². The first kappa shape index (κ1) is 21.2. The third-order valence-electron chi connectivity index (χ3n) is 7.06. The molecule has 0 aliphatic heterocycles. The Bertz CT molecular complexity index is 2090. The highest BCUT2D eigenvalue weighted by Crippen LogP contribution is 2.35. The quantitative estimate of drug-likeness (QED) is 0.242. The molecule has 178 valence electrons. The predicted molar refractivity (Wildman–Crippen MR) is 157 cm³/mol. The molecule has 4 aromatic carbocycles. The van der Waals surface area contributed by atoms with E-state index in [1.54, 1.807) is 11.3 Å². The second-order valence-corrected chi connectivity index (χ2v) is 10.4. The van der Waals surface area contributed by atoms with Crippen molar-refractivity contribution in [3.8, 4) is 33.0 Å². The van der Waals surface area contributed by atoms with Gasteiger partial charge in [0.15, 0.2) is 0 Å². The van der Waals surface area contributed by atoms with Crippen LogP contribution in [-0.4, -0.2) is 19.4 Å². The molecule has 4 nitrogen and oxygen atoms in total. The van der Waals surface area contributed by atoms with Gasteiger partial charge in [-0.25, -0.2) is 15.0 Å². The molecule has 0 fully saturated rings. The Labute approximate surface area is 222 Å². The van der Waals surface area contributed by atoms with Crippen LogP contribution >= 0.6 is 11.3 Å². The molecule has 0 atom stereocenters. The van der Waals surface area contributed by atoms with E-state index in [1.807, 2.05) is 36.4 Å². The topological polar surface area (TPSA) is 43.1 Å². The molecule has 8 rings (SSSR count). The van der Waals surface area contributed by atoms with Gasteiger partial charge in [0.1, 0.15) is 16.2 Å². The predicted octanol–water partition coefficient (Wildman–Crippen LogP) is 8.65. The van der Waals surface area contributed by atoms with Gasteiger partial charge < -0.3 is 0 Å². The maximum absolute atomic E-state index is 5.09. The normalized spacial score (nSPS) is 11.7. The summed E-state index contributed by atoms with van der Waals surface area (Å²) in [6.45, 7) is 0. The van der Waals surface area contributed by atoms with Crippen molar-refractivity contribution in [3.63, 3.8) is 0 Å². The van der Waals surface area contributed by atoms with Crippen LogP contribution in [0.1, 0.15) is 0 Å². The van der Waals surface area contributed by atoms with E-state index in [4.69, 9.17) is 15.0 Å². The highest BCUT2D eigenvalue weighted by molar-refractivity contribution is 7.21. The van der Waals surface area contributed by atoms with Crippen LogP contribution in [0.3, 0.4) is 0 Å². The summed E-state index contributed by atoms with van der Waals surface area (Å²) >= 11 is 1.73. The van der Waals surface area contributed by atoms with Crippen molar-refractivity contribution in [1.29, 1.82) is 0 Å². The maximum atomic E-state index is 5.09. The molecule has 0 bridgehead atoms. The van der Waals surface area contributed by atoms with Gasteiger partial charge in [-0.15, -0.1) is 11.3 Å². The summed E-state index contributed by atoms with van der Waals surface area (Å²) in [5, 5.41) is 2.12. The second kappa shape index (κ2) is 8.33. The molecule has 0 radical (unpaired) electrons. The molecule has 0 unspecified atom stereocenters. The summed E-state index contributed by atoms with van der Waals surface area (Å²) in [4.78, 5) is 14.9. The lowest BCUT2D eigenvalue weighted by Gasteiger charge is -2.09. The number of pyridine rings is 2. The largest absolute Gasteiger partial charge is 0.298 e. The van der Waals surface area contributed by atoms with E-state index in [0.717, 1.165) is 54.9 Å². The Hall–Kier alpha value is -4.87. The van der Waals surface area contributed by atoms with Gasteiger partial charge in [0, 0.05) is 22.7 Å². The van der Waals surface area contributed by atoms with E-state index in [-0.39, 0.29) is 0 Å². The van der Waals surface area contributed by atoms with Gasteiger partial charge in [0.05, 0.1) is 26.9 Å². The number of hydrogen-bond acceptors (Lipinski definition) is 4. The summed E-state index contributed by atoms with van der Waals surface area (Å²) in [5.74, 6) is 0. The average molecular weight is 505 g/mol. The number of fused-ring (bicyclic) bond motifs is 6. The van der Waals surface area contributed by atoms with Crippen LogP contribution < -0.4 is 0 Å². The number of hydrogen-bond donors (Lipinski definition) is 0. The third-order valence-corrected chi connectivity index (χ3v) is 8.15. The van der Waals surface area contributed by atoms with E-state index in [1.165, 1.54) is 15.8 Å². The molecule has 5 heteroatoms. The first-order valence-electron chi connectivity index (χ1n) is 12.5. The highest BCUT2D eigenvalue weighted by Gasteiger charge is 2.16. The van der Waals surface area contributed by atoms with E-state index in [9.17, 15) is 0 Å². The summed E-state index contributed by atoms with van der Waals surface area (Å²) < 4.78 is 3.35. The van der Waals surface area contributed by atoms with Crippen molar-refractivity contribution in [2.45, 2.75) is 0 Å². The number of imidazole rings is 1. The standard InChI is InChI=1S/C33H20N4S/c1-2-8-26-25(7-1)31-32(37-20-6-5-11-29(37)36-31)30(34-26)23-16-12-21(13-17-23)22-14-18-24(19-15-22)33-35-27-9-3-4-10-28(27)38-33/h1-20H. The molecule has 4 heterocycles. The molecule has 0 aliphatic carbocycles. The van der Waals surface area contributed by atoms with Crippen LogP contribution in [0.15, 0.2) is 121 Å². The van der Waals surface area contributed by atoms with Gasteiger partial charge in [0.2, 0.25) is 0 Å². The molecule has 0 aliphatic rings. The summed E-state index contributed by atoms with van der Waals surface area (Å²) in [6, 6.07) is 40.0. The molecule has 38 heavy (non-hydrogen) atoms. The molecule has 0 saturated carbocycles. The monoisotopic (exact) mass is 504 g/mol. The molecule has 8 aromatic rings. The Morgan fingerprint density at radius 1 is 0.526 bits per heavy atom. The van der Waals surface area contributed by atoms with E-state index in [2.05, 4.69) is 89.5 Å². The van der Waals surface area contributed by atoms with Crippen molar-refractivity contribution in [1.82, 2.24) is 19.4 Å². The van der Waals surface area contributed by atoms with Crippen LogP contribution in [0.2, 0.25) is 0 Å². The number of para-hydroxylation sites is 2. The zero-order valence-corrected chi connectivity index (χ0v) is 21.1. The fraction of sp³-hybridized carbons (Fsp3) is 0. The van der Waals surface area contributed by atoms with Crippen LogP contribution in [-0.2, 0) is 0 Å². The molecule has 0 spiro atoms. The number of benzene rings is 4. The van der Waals surface area contributed by atoms with Crippen LogP contribution in [0.5, 0.6) is 0 Å². The van der Waals surface area contributed by atoms with E-state index >= 15 is 0 Å². The third kappa shape index (κ3) is 3.33. The molecule has 4 aromatic heterocycles. The van der Waals surface area contributed by atoms with Gasteiger partial charge in [-0.1, -0.05) is 84.9 Å². The zero-order chi connectivity index (χ0) is 25.1. The van der Waals surface area contributed by atoms with Gasteiger partial charge >= 0.3 is 0 Å². The minimum atomic E-state index is 0.923. The second-order valence-electron chi connectivity index (χ2n) is 9.36.